The first kappa shape index (κ1) is 11.8. The molecule has 1 aliphatic rings. The molecule has 3 rings (SSSR count). The van der Waals surface area contributed by atoms with E-state index in [-0.39, 0.29) is 0 Å². The topological polar surface area (TPSA) is 43.8 Å². The van der Waals surface area contributed by atoms with Gasteiger partial charge in [0.15, 0.2) is 0 Å². The molecule has 96 valence electrons. The van der Waals surface area contributed by atoms with Gasteiger partial charge in [-0.2, -0.15) is 0 Å². The van der Waals surface area contributed by atoms with Gasteiger partial charge in [-0.25, -0.2) is 4.98 Å². The number of anilines is 1. The Hall–Kier alpha value is -1.22. The fourth-order valence-electron chi connectivity index (χ4n) is 2.69. The molecule has 0 aliphatic heterocycles. The first-order valence-corrected chi connectivity index (χ1v) is 6.81. The van der Waals surface area contributed by atoms with Crippen LogP contribution in [0.3, 0.4) is 0 Å². The SMILES string of the molecule is CC(C)C1(Cn2c(N)nc3c(Cl)cccc32)CC1. The van der Waals surface area contributed by atoms with Gasteiger partial charge in [-0.3, -0.25) is 0 Å². The molecule has 3 nitrogen and oxygen atoms in total. The highest BCUT2D eigenvalue weighted by Gasteiger charge is 2.46. The van der Waals surface area contributed by atoms with Crippen molar-refractivity contribution in [2.45, 2.75) is 33.2 Å². The Morgan fingerprint density at radius 3 is 2.78 bits per heavy atom. The lowest BCUT2D eigenvalue weighted by Crippen LogP contribution is -2.18. The molecule has 0 radical (unpaired) electrons. The molecule has 0 bridgehead atoms. The zero-order valence-corrected chi connectivity index (χ0v) is 11.5. The van der Waals surface area contributed by atoms with Crippen molar-refractivity contribution in [2.75, 3.05) is 5.73 Å². The first-order valence-electron chi connectivity index (χ1n) is 6.44. The Bertz CT molecular complexity index is 596. The Kier molecular flexibility index (Phi) is 2.56. The minimum atomic E-state index is 0.407. The smallest absolute Gasteiger partial charge is 0.201 e. The van der Waals surface area contributed by atoms with Gasteiger partial charge < -0.3 is 10.3 Å². The summed E-state index contributed by atoms with van der Waals surface area (Å²) >= 11 is 6.16. The highest BCUT2D eigenvalue weighted by atomic mass is 35.5. The minimum Gasteiger partial charge on any atom is -0.369 e. The van der Waals surface area contributed by atoms with Gasteiger partial charge in [-0.1, -0.05) is 31.5 Å². The fourth-order valence-corrected chi connectivity index (χ4v) is 2.90. The summed E-state index contributed by atoms with van der Waals surface area (Å²) in [6.45, 7) is 5.53. The fraction of sp³-hybridized carbons (Fsp3) is 0.500. The van der Waals surface area contributed by atoms with Crippen LogP contribution in [-0.4, -0.2) is 9.55 Å². The van der Waals surface area contributed by atoms with Crippen LogP contribution >= 0.6 is 11.6 Å². The van der Waals surface area contributed by atoms with Gasteiger partial charge in [0, 0.05) is 6.54 Å². The maximum Gasteiger partial charge on any atom is 0.201 e. The molecule has 18 heavy (non-hydrogen) atoms. The third-order valence-electron chi connectivity index (χ3n) is 4.35. The number of nitrogens with zero attached hydrogens (tertiary/aromatic N) is 2. The molecule has 0 atom stereocenters. The molecular formula is C14H18ClN3. The van der Waals surface area contributed by atoms with Crippen LogP contribution in [0, 0.1) is 11.3 Å². The number of para-hydroxylation sites is 1. The van der Waals surface area contributed by atoms with Crippen LogP contribution in [0.4, 0.5) is 5.95 Å². The number of aromatic nitrogens is 2. The molecule has 0 amide bonds. The highest BCUT2D eigenvalue weighted by Crippen LogP contribution is 2.53. The second kappa shape index (κ2) is 3.89. The van der Waals surface area contributed by atoms with E-state index in [1.807, 2.05) is 18.2 Å². The Balaban J connectivity index is 2.07. The second-order valence-corrected chi connectivity index (χ2v) is 6.09. The number of benzene rings is 1. The van der Waals surface area contributed by atoms with Gasteiger partial charge in [0.2, 0.25) is 5.95 Å². The van der Waals surface area contributed by atoms with Crippen molar-refractivity contribution in [2.24, 2.45) is 11.3 Å². The summed E-state index contributed by atoms with van der Waals surface area (Å²) in [6, 6.07) is 5.86. The number of nitrogen functional groups attached to an aromatic ring is 1. The minimum absolute atomic E-state index is 0.407. The van der Waals surface area contributed by atoms with Gasteiger partial charge >= 0.3 is 0 Å². The highest BCUT2D eigenvalue weighted by molar-refractivity contribution is 6.35. The molecule has 0 spiro atoms. The second-order valence-electron chi connectivity index (χ2n) is 5.68. The third-order valence-corrected chi connectivity index (χ3v) is 4.65. The van der Waals surface area contributed by atoms with Gasteiger partial charge in [0.05, 0.1) is 10.5 Å². The van der Waals surface area contributed by atoms with Crippen molar-refractivity contribution in [3.63, 3.8) is 0 Å². The van der Waals surface area contributed by atoms with Crippen molar-refractivity contribution < 1.29 is 0 Å². The summed E-state index contributed by atoms with van der Waals surface area (Å²) in [6.07, 6.45) is 2.56. The van der Waals surface area contributed by atoms with Crippen molar-refractivity contribution in [1.29, 1.82) is 0 Å². The molecule has 1 aliphatic carbocycles. The van der Waals surface area contributed by atoms with Crippen molar-refractivity contribution in [3.05, 3.63) is 23.2 Å². The summed E-state index contributed by atoms with van der Waals surface area (Å²) in [4.78, 5) is 4.39. The maximum atomic E-state index is 6.16. The number of halogens is 1. The predicted octanol–water partition coefficient (Wildman–Crippen LogP) is 3.71. The summed E-state index contributed by atoms with van der Waals surface area (Å²) in [5, 5.41) is 0.673. The Morgan fingerprint density at radius 2 is 2.17 bits per heavy atom. The normalized spacial score (nSPS) is 17.6. The van der Waals surface area contributed by atoms with Gasteiger partial charge in [-0.15, -0.1) is 0 Å². The molecular weight excluding hydrogens is 246 g/mol. The predicted molar refractivity (Wildman–Crippen MR) is 75.7 cm³/mol. The number of nitrogens with two attached hydrogens (primary N) is 1. The summed E-state index contributed by atoms with van der Waals surface area (Å²) < 4.78 is 2.12. The lowest BCUT2D eigenvalue weighted by molar-refractivity contribution is 0.314. The number of hydrogen-bond donors (Lipinski definition) is 1. The zero-order valence-electron chi connectivity index (χ0n) is 10.8. The van der Waals surface area contributed by atoms with Crippen LogP contribution in [0.25, 0.3) is 11.0 Å². The van der Waals surface area contributed by atoms with E-state index in [9.17, 15) is 0 Å². The standard InChI is InChI=1S/C14H18ClN3/c1-9(2)14(6-7-14)8-18-11-5-3-4-10(15)12(11)17-13(18)16/h3-5,9H,6-8H2,1-2H3,(H2,16,17). The number of imidazole rings is 1. The lowest BCUT2D eigenvalue weighted by Gasteiger charge is -2.21. The summed E-state index contributed by atoms with van der Waals surface area (Å²) in [5.41, 5.74) is 8.32. The maximum absolute atomic E-state index is 6.16. The number of hydrogen-bond acceptors (Lipinski definition) is 2. The number of rotatable bonds is 3. The Labute approximate surface area is 112 Å². The van der Waals surface area contributed by atoms with Crippen LogP contribution in [0.15, 0.2) is 18.2 Å². The van der Waals surface area contributed by atoms with Gasteiger partial charge in [-0.05, 0) is 36.3 Å². The van der Waals surface area contributed by atoms with Crippen LogP contribution < -0.4 is 5.73 Å². The molecule has 1 fully saturated rings. The average molecular weight is 264 g/mol. The van der Waals surface area contributed by atoms with Crippen LogP contribution in [0.2, 0.25) is 5.02 Å². The Morgan fingerprint density at radius 1 is 1.44 bits per heavy atom. The summed E-state index contributed by atoms with van der Waals surface area (Å²) in [7, 11) is 0. The molecule has 0 unspecified atom stereocenters. The molecule has 2 N–H and O–H groups in total. The molecule has 1 aromatic heterocycles. The zero-order chi connectivity index (χ0) is 12.9. The van der Waals surface area contributed by atoms with Crippen molar-refractivity contribution in [1.82, 2.24) is 9.55 Å². The van der Waals surface area contributed by atoms with E-state index in [1.54, 1.807) is 0 Å². The third kappa shape index (κ3) is 1.69. The van der Waals surface area contributed by atoms with Crippen molar-refractivity contribution >= 4 is 28.6 Å². The van der Waals surface area contributed by atoms with E-state index in [4.69, 9.17) is 17.3 Å². The van der Waals surface area contributed by atoms with Crippen LogP contribution in [-0.2, 0) is 6.54 Å². The monoisotopic (exact) mass is 263 g/mol. The van der Waals surface area contributed by atoms with E-state index in [0.717, 1.165) is 17.6 Å². The first-order chi connectivity index (χ1) is 8.53. The van der Waals surface area contributed by atoms with E-state index >= 15 is 0 Å². The lowest BCUT2D eigenvalue weighted by atomic mass is 9.92. The van der Waals surface area contributed by atoms with E-state index in [2.05, 4.69) is 23.4 Å². The largest absolute Gasteiger partial charge is 0.369 e. The molecule has 1 aromatic carbocycles. The van der Waals surface area contributed by atoms with Crippen molar-refractivity contribution in [3.8, 4) is 0 Å². The van der Waals surface area contributed by atoms with E-state index in [1.165, 1.54) is 12.8 Å². The molecule has 4 heteroatoms. The molecule has 1 saturated carbocycles. The molecule has 0 saturated heterocycles. The molecule has 2 aromatic rings. The van der Waals surface area contributed by atoms with Crippen LogP contribution in [0.1, 0.15) is 26.7 Å². The van der Waals surface area contributed by atoms with Gasteiger partial charge in [0.1, 0.15) is 5.52 Å². The van der Waals surface area contributed by atoms with E-state index < -0.39 is 0 Å². The quantitative estimate of drug-likeness (QED) is 0.917. The average Bonchev–Trinajstić information content (AvgIpc) is 3.03. The molecule has 1 heterocycles. The number of fused-ring (bicyclic) bond motifs is 1. The van der Waals surface area contributed by atoms with E-state index in [0.29, 0.717) is 22.3 Å². The summed E-state index contributed by atoms with van der Waals surface area (Å²) in [5.74, 6) is 1.25. The van der Waals surface area contributed by atoms with Crippen LogP contribution in [0.5, 0.6) is 0 Å². The van der Waals surface area contributed by atoms with Gasteiger partial charge in [0.25, 0.3) is 0 Å².